The molecule has 19 heavy (non-hydrogen) atoms. The van der Waals surface area contributed by atoms with E-state index in [1.54, 1.807) is 10.7 Å². The highest BCUT2D eigenvalue weighted by Crippen LogP contribution is 2.20. The Balaban J connectivity index is 1.92. The summed E-state index contributed by atoms with van der Waals surface area (Å²) in [5.74, 6) is -0.0168. The largest absolute Gasteiger partial charge is 0.369 e. The van der Waals surface area contributed by atoms with Gasteiger partial charge in [0.2, 0.25) is 5.95 Å². The molecule has 0 atom stereocenters. The minimum absolute atomic E-state index is 0.320. The topological polar surface area (TPSA) is 61.7 Å². The standard InChI is InChI=1S/C13H14FN5/c1-18-7-5-9(17-18)6-8-19-11-4-2-3-10(14)12(11)16-13(19)15/h2-5,7H,6,8H2,1H3,(H2,15,16). The summed E-state index contributed by atoms with van der Waals surface area (Å²) in [6, 6.07) is 6.82. The van der Waals surface area contributed by atoms with Crippen molar-refractivity contribution in [3.05, 3.63) is 42.0 Å². The van der Waals surface area contributed by atoms with Gasteiger partial charge in [0.05, 0.1) is 11.2 Å². The highest BCUT2D eigenvalue weighted by molar-refractivity contribution is 5.78. The maximum atomic E-state index is 13.6. The first kappa shape index (κ1) is 11.7. The smallest absolute Gasteiger partial charge is 0.201 e. The quantitative estimate of drug-likeness (QED) is 0.779. The second kappa shape index (κ2) is 4.38. The van der Waals surface area contributed by atoms with Crippen LogP contribution in [0.15, 0.2) is 30.5 Å². The molecule has 0 amide bonds. The summed E-state index contributed by atoms with van der Waals surface area (Å²) in [4.78, 5) is 4.07. The molecule has 98 valence electrons. The number of rotatable bonds is 3. The van der Waals surface area contributed by atoms with E-state index in [4.69, 9.17) is 5.73 Å². The number of halogens is 1. The Labute approximate surface area is 109 Å². The number of hydrogen-bond acceptors (Lipinski definition) is 3. The highest BCUT2D eigenvalue weighted by Gasteiger charge is 2.11. The van der Waals surface area contributed by atoms with Gasteiger partial charge in [-0.05, 0) is 18.2 Å². The molecule has 5 nitrogen and oxygen atoms in total. The highest BCUT2D eigenvalue weighted by atomic mass is 19.1. The Morgan fingerprint density at radius 1 is 1.32 bits per heavy atom. The average molecular weight is 259 g/mol. The van der Waals surface area contributed by atoms with Crippen molar-refractivity contribution < 1.29 is 4.39 Å². The van der Waals surface area contributed by atoms with Crippen LogP contribution in [0.25, 0.3) is 11.0 Å². The van der Waals surface area contributed by atoms with E-state index in [-0.39, 0.29) is 5.82 Å². The fraction of sp³-hybridized carbons (Fsp3) is 0.231. The van der Waals surface area contributed by atoms with Gasteiger partial charge in [0.25, 0.3) is 0 Å². The second-order valence-corrected chi connectivity index (χ2v) is 4.46. The molecule has 1 aromatic carbocycles. The molecule has 0 unspecified atom stereocenters. The predicted molar refractivity (Wildman–Crippen MR) is 71.0 cm³/mol. The van der Waals surface area contributed by atoms with Crippen LogP contribution in [0.3, 0.4) is 0 Å². The molecule has 6 heteroatoms. The number of nitrogen functional groups attached to an aromatic ring is 1. The first-order chi connectivity index (χ1) is 9.15. The molecular weight excluding hydrogens is 245 g/mol. The van der Waals surface area contributed by atoms with Crippen LogP contribution in [-0.2, 0) is 20.0 Å². The molecule has 3 aromatic rings. The van der Waals surface area contributed by atoms with Gasteiger partial charge < -0.3 is 10.3 Å². The van der Waals surface area contributed by atoms with Gasteiger partial charge in [0.15, 0.2) is 5.82 Å². The fourth-order valence-electron chi connectivity index (χ4n) is 2.19. The van der Waals surface area contributed by atoms with Crippen molar-refractivity contribution in [3.63, 3.8) is 0 Å². The van der Waals surface area contributed by atoms with E-state index in [2.05, 4.69) is 10.1 Å². The van der Waals surface area contributed by atoms with Crippen molar-refractivity contribution in [1.29, 1.82) is 0 Å². The lowest BCUT2D eigenvalue weighted by Gasteiger charge is -2.04. The second-order valence-electron chi connectivity index (χ2n) is 4.46. The first-order valence-electron chi connectivity index (χ1n) is 6.04. The SMILES string of the molecule is Cn1ccc(CCn2c(N)nc3c(F)cccc32)n1. The molecule has 0 aliphatic heterocycles. The molecule has 0 saturated carbocycles. The Bertz CT molecular complexity index is 728. The molecule has 3 rings (SSSR count). The number of aryl methyl sites for hydroxylation is 3. The minimum atomic E-state index is -0.346. The summed E-state index contributed by atoms with van der Waals surface area (Å²) in [6.45, 7) is 0.628. The van der Waals surface area contributed by atoms with E-state index >= 15 is 0 Å². The van der Waals surface area contributed by atoms with Crippen LogP contribution in [0.4, 0.5) is 10.3 Å². The monoisotopic (exact) mass is 259 g/mol. The molecule has 2 heterocycles. The third-order valence-electron chi connectivity index (χ3n) is 3.12. The lowest BCUT2D eigenvalue weighted by molar-refractivity contribution is 0.637. The lowest BCUT2D eigenvalue weighted by Crippen LogP contribution is -2.06. The van der Waals surface area contributed by atoms with Gasteiger partial charge in [0.1, 0.15) is 5.52 Å². The molecule has 0 aliphatic rings. The maximum absolute atomic E-state index is 13.6. The molecule has 0 radical (unpaired) electrons. The van der Waals surface area contributed by atoms with Crippen molar-refractivity contribution >= 4 is 17.0 Å². The molecule has 0 aliphatic carbocycles. The average Bonchev–Trinajstić information content (AvgIpc) is 2.92. The van der Waals surface area contributed by atoms with Crippen LogP contribution in [0.1, 0.15) is 5.69 Å². The van der Waals surface area contributed by atoms with E-state index in [9.17, 15) is 4.39 Å². The summed E-state index contributed by atoms with van der Waals surface area (Å²) >= 11 is 0. The van der Waals surface area contributed by atoms with Crippen molar-refractivity contribution in [2.75, 3.05) is 5.73 Å². The fourth-order valence-corrected chi connectivity index (χ4v) is 2.19. The minimum Gasteiger partial charge on any atom is -0.369 e. The van der Waals surface area contributed by atoms with Gasteiger partial charge in [-0.3, -0.25) is 4.68 Å². The van der Waals surface area contributed by atoms with Gasteiger partial charge in [0, 0.05) is 26.2 Å². The molecule has 2 aromatic heterocycles. The summed E-state index contributed by atoms with van der Waals surface area (Å²) in [7, 11) is 1.87. The van der Waals surface area contributed by atoms with E-state index in [0.29, 0.717) is 23.5 Å². The summed E-state index contributed by atoms with van der Waals surface area (Å²) in [6.07, 6.45) is 2.62. The van der Waals surface area contributed by atoms with Crippen LogP contribution >= 0.6 is 0 Å². The van der Waals surface area contributed by atoms with Crippen LogP contribution < -0.4 is 5.73 Å². The third kappa shape index (κ3) is 2.05. The van der Waals surface area contributed by atoms with Gasteiger partial charge in [-0.1, -0.05) is 6.07 Å². The van der Waals surface area contributed by atoms with E-state index in [0.717, 1.165) is 12.1 Å². The van der Waals surface area contributed by atoms with E-state index in [1.807, 2.05) is 29.9 Å². The number of nitrogens with zero attached hydrogens (tertiary/aromatic N) is 4. The van der Waals surface area contributed by atoms with Crippen molar-refractivity contribution in [1.82, 2.24) is 19.3 Å². The molecule has 2 N–H and O–H groups in total. The van der Waals surface area contributed by atoms with Crippen LogP contribution in [0, 0.1) is 5.82 Å². The van der Waals surface area contributed by atoms with Crippen molar-refractivity contribution in [3.8, 4) is 0 Å². The number of hydrogen-bond donors (Lipinski definition) is 1. The Kier molecular flexibility index (Phi) is 2.70. The van der Waals surface area contributed by atoms with E-state index in [1.165, 1.54) is 6.07 Å². The number of para-hydroxylation sites is 1. The zero-order chi connectivity index (χ0) is 13.4. The summed E-state index contributed by atoms with van der Waals surface area (Å²) < 4.78 is 17.2. The number of aromatic nitrogens is 4. The summed E-state index contributed by atoms with van der Waals surface area (Å²) in [5, 5.41) is 4.31. The molecule has 0 spiro atoms. The van der Waals surface area contributed by atoms with Gasteiger partial charge in [-0.15, -0.1) is 0 Å². The van der Waals surface area contributed by atoms with Gasteiger partial charge in [-0.2, -0.15) is 5.10 Å². The van der Waals surface area contributed by atoms with Crippen LogP contribution in [-0.4, -0.2) is 19.3 Å². The number of imidazole rings is 1. The zero-order valence-electron chi connectivity index (χ0n) is 10.5. The lowest BCUT2D eigenvalue weighted by atomic mass is 10.3. The Hall–Kier alpha value is -2.37. The van der Waals surface area contributed by atoms with Gasteiger partial charge in [-0.25, -0.2) is 9.37 Å². The number of anilines is 1. The molecule has 0 saturated heterocycles. The Morgan fingerprint density at radius 3 is 2.89 bits per heavy atom. The van der Waals surface area contributed by atoms with E-state index < -0.39 is 0 Å². The van der Waals surface area contributed by atoms with Gasteiger partial charge >= 0.3 is 0 Å². The number of nitrogens with two attached hydrogens (primary N) is 1. The predicted octanol–water partition coefficient (Wildman–Crippen LogP) is 1.73. The molecule has 0 fully saturated rings. The number of fused-ring (bicyclic) bond motifs is 1. The Morgan fingerprint density at radius 2 is 2.16 bits per heavy atom. The molecular formula is C13H14FN5. The van der Waals surface area contributed by atoms with Crippen LogP contribution in [0.5, 0.6) is 0 Å². The first-order valence-corrected chi connectivity index (χ1v) is 6.04. The number of benzene rings is 1. The van der Waals surface area contributed by atoms with Crippen molar-refractivity contribution in [2.45, 2.75) is 13.0 Å². The normalized spacial score (nSPS) is 11.3. The van der Waals surface area contributed by atoms with Crippen molar-refractivity contribution in [2.24, 2.45) is 7.05 Å². The summed E-state index contributed by atoms with van der Waals surface area (Å²) in [5.41, 5.74) is 7.86. The van der Waals surface area contributed by atoms with Crippen LogP contribution in [0.2, 0.25) is 0 Å². The maximum Gasteiger partial charge on any atom is 0.201 e. The zero-order valence-corrected chi connectivity index (χ0v) is 10.5. The molecule has 0 bridgehead atoms. The third-order valence-corrected chi connectivity index (χ3v) is 3.12.